The Morgan fingerprint density at radius 2 is 0.611 bits per heavy atom. The zero-order valence-electron chi connectivity index (χ0n) is 29.8. The molecule has 0 bridgehead atoms. The molecule has 0 amide bonds. The van der Waals surface area contributed by atoms with Gasteiger partial charge in [0, 0.05) is 22.7 Å². The zero-order chi connectivity index (χ0) is 36.4. The monoisotopic (exact) mass is 692 g/mol. The molecule has 0 unspecified atom stereocenters. The first-order chi connectivity index (χ1) is 26.8. The second kappa shape index (κ2) is 16.6. The Hall–Kier alpha value is -6.91. The topological polar surface area (TPSA) is 30.5 Å². The van der Waals surface area contributed by atoms with Crippen LogP contribution in [0.4, 0.5) is 45.5 Å². The molecule has 0 fully saturated rings. The highest BCUT2D eigenvalue weighted by Gasteiger charge is 2.18. The van der Waals surface area contributed by atoms with Gasteiger partial charge in [0.25, 0.3) is 14.8 Å². The molecule has 54 heavy (non-hydrogen) atoms. The van der Waals surface area contributed by atoms with E-state index in [0.29, 0.717) is 0 Å². The highest BCUT2D eigenvalue weighted by molar-refractivity contribution is 6.60. The summed E-state index contributed by atoms with van der Waals surface area (Å²) < 4.78 is 0. The maximum absolute atomic E-state index is 3.62. The number of para-hydroxylation sites is 8. The fourth-order valence-corrected chi connectivity index (χ4v) is 6.50. The Labute approximate surface area is 319 Å². The number of nitrogens with zero attached hydrogens (tertiary/aromatic N) is 2. The molecule has 256 valence electrons. The van der Waals surface area contributed by atoms with Crippen LogP contribution < -0.4 is 31.2 Å². The summed E-state index contributed by atoms with van der Waals surface area (Å²) in [5.41, 5.74) is 13.0. The maximum Gasteiger partial charge on any atom is 0.291 e. The van der Waals surface area contributed by atoms with Crippen LogP contribution >= 0.6 is 0 Å². The fourth-order valence-electron chi connectivity index (χ4n) is 6.50. The van der Waals surface area contributed by atoms with Gasteiger partial charge in [0.15, 0.2) is 0 Å². The Kier molecular flexibility index (Phi) is 10.5. The van der Waals surface area contributed by atoms with E-state index in [1.807, 2.05) is 36.4 Å². The normalized spacial score (nSPS) is 10.6. The summed E-state index contributed by atoms with van der Waals surface area (Å²) in [5, 5.41) is 7.23. The molecule has 0 aliphatic carbocycles. The van der Waals surface area contributed by atoms with E-state index in [1.165, 1.54) is 0 Å². The summed E-state index contributed by atoms with van der Waals surface area (Å²) in [7, 11) is 4.40. The molecule has 8 aromatic carbocycles. The van der Waals surface area contributed by atoms with E-state index in [0.717, 1.165) is 67.6 Å². The average molecular weight is 692 g/mol. The fraction of sp³-hybridized carbons (Fsp3) is 0. The molecule has 0 saturated heterocycles. The molecule has 0 aliphatic heterocycles. The van der Waals surface area contributed by atoms with Gasteiger partial charge in [-0.05, 0) is 83.9 Å². The highest BCUT2D eigenvalue weighted by Crippen LogP contribution is 2.35. The van der Waals surface area contributed by atoms with Crippen molar-refractivity contribution in [1.82, 2.24) is 0 Å². The second-order valence-corrected chi connectivity index (χ2v) is 12.9. The molecule has 8 aromatic rings. The minimum atomic E-state index is 1.03. The van der Waals surface area contributed by atoms with Crippen molar-refractivity contribution in [3.63, 3.8) is 0 Å². The molecule has 2 radical (unpaired) electrons. The van der Waals surface area contributed by atoms with E-state index in [4.69, 9.17) is 0 Å². The van der Waals surface area contributed by atoms with Crippen molar-refractivity contribution >= 4 is 71.3 Å². The van der Waals surface area contributed by atoms with Gasteiger partial charge in [-0.15, -0.1) is 0 Å². The average Bonchev–Trinajstić information content (AvgIpc) is 3.24. The third kappa shape index (κ3) is 8.25. The van der Waals surface area contributed by atoms with E-state index in [1.54, 1.807) is 0 Å². The lowest BCUT2D eigenvalue weighted by Crippen LogP contribution is -2.32. The van der Waals surface area contributed by atoms with Gasteiger partial charge >= 0.3 is 0 Å². The lowest BCUT2D eigenvalue weighted by molar-refractivity contribution is 1.39. The molecular weight excluding hydrogens is 654 g/mol. The molecule has 0 saturated carbocycles. The van der Waals surface area contributed by atoms with Crippen molar-refractivity contribution in [2.24, 2.45) is 0 Å². The maximum atomic E-state index is 3.62. The van der Waals surface area contributed by atoms with Crippen LogP contribution in [0, 0.1) is 0 Å². The van der Waals surface area contributed by atoms with Crippen molar-refractivity contribution in [3.05, 3.63) is 218 Å². The number of hydrogen-bond acceptors (Lipinski definition) is 4. The van der Waals surface area contributed by atoms with E-state index >= 15 is 0 Å². The molecule has 0 aromatic heterocycles. The number of hydrogen-bond donors (Lipinski definition) is 2. The van der Waals surface area contributed by atoms with E-state index < -0.39 is 0 Å². The summed E-state index contributed by atoms with van der Waals surface area (Å²) in [6.07, 6.45) is 0. The number of rotatable bonds is 13. The van der Waals surface area contributed by atoms with Crippen LogP contribution in [0.1, 0.15) is 0 Å². The molecule has 8 rings (SSSR count). The predicted molar refractivity (Wildman–Crippen MR) is 232 cm³/mol. The molecule has 0 spiro atoms. The van der Waals surface area contributed by atoms with Gasteiger partial charge in [0.1, 0.15) is 0 Å². The summed E-state index contributed by atoms with van der Waals surface area (Å²) in [6, 6.07) is 75.9. The summed E-state index contributed by atoms with van der Waals surface area (Å²) in [4.78, 5) is 4.49. The quantitative estimate of drug-likeness (QED) is 0.118. The van der Waals surface area contributed by atoms with Crippen LogP contribution in [0.25, 0.3) is 11.1 Å². The lowest BCUT2D eigenvalue weighted by Gasteiger charge is -2.28. The smallest absolute Gasteiger partial charge is 0.291 e. The third-order valence-corrected chi connectivity index (χ3v) is 9.21. The van der Waals surface area contributed by atoms with Crippen LogP contribution in [0.15, 0.2) is 218 Å². The van der Waals surface area contributed by atoms with Crippen molar-refractivity contribution in [2.45, 2.75) is 0 Å². The van der Waals surface area contributed by atoms with E-state index in [9.17, 15) is 0 Å². The van der Waals surface area contributed by atoms with Crippen molar-refractivity contribution in [1.29, 1.82) is 0 Å². The molecule has 0 heterocycles. The summed E-state index contributed by atoms with van der Waals surface area (Å²) in [6.45, 7) is 0. The highest BCUT2D eigenvalue weighted by atomic mass is 15.1. The van der Waals surface area contributed by atoms with Gasteiger partial charge in [0.05, 0.1) is 22.7 Å². The summed E-state index contributed by atoms with van der Waals surface area (Å²) in [5.74, 6) is 0. The molecule has 6 heteroatoms. The lowest BCUT2D eigenvalue weighted by atomic mass is 9.77. The Balaban J connectivity index is 1.02. The third-order valence-electron chi connectivity index (χ3n) is 9.21. The summed E-state index contributed by atoms with van der Waals surface area (Å²) >= 11 is 0. The van der Waals surface area contributed by atoms with Crippen LogP contribution in [-0.2, 0) is 0 Å². The van der Waals surface area contributed by atoms with Gasteiger partial charge in [-0.3, -0.25) is 0 Å². The Bertz CT molecular complexity index is 2200. The van der Waals surface area contributed by atoms with E-state index in [2.05, 4.69) is 217 Å². The standard InChI is InChI=1S/C48H38B2N4/c1-5-17-41(18-6-1)51-45-25-13-15-27-47(45)53(43-21-9-3-10-22-43)49-39-33-29-37(30-34-39)38-31-35-40(36-32-38)50-54(44-23-11-4-12-24-44)48-28-16-14-26-46(48)52-42-19-7-2-8-20-42/h1-36,51-52H. The van der Waals surface area contributed by atoms with Crippen LogP contribution in [0.5, 0.6) is 0 Å². The van der Waals surface area contributed by atoms with Crippen LogP contribution in [-0.4, -0.2) is 14.8 Å². The minimum Gasteiger partial charge on any atom is -0.384 e. The zero-order valence-corrected chi connectivity index (χ0v) is 29.8. The molecular formula is C48H38B2N4. The van der Waals surface area contributed by atoms with Gasteiger partial charge in [-0.1, -0.05) is 157 Å². The Morgan fingerprint density at radius 1 is 0.296 bits per heavy atom. The minimum absolute atomic E-state index is 1.03. The van der Waals surface area contributed by atoms with Gasteiger partial charge in [0.2, 0.25) is 0 Å². The van der Waals surface area contributed by atoms with Crippen LogP contribution in [0.3, 0.4) is 0 Å². The van der Waals surface area contributed by atoms with Gasteiger partial charge in [-0.2, -0.15) is 0 Å². The van der Waals surface area contributed by atoms with Crippen molar-refractivity contribution < 1.29 is 0 Å². The Morgan fingerprint density at radius 3 is 0.981 bits per heavy atom. The SMILES string of the molecule is [B](c1ccc(-c2ccc([B]N(c3ccccc3)c3ccccc3Nc3ccccc3)cc2)cc1)N(c1ccccc1)c1ccccc1Nc1ccccc1. The van der Waals surface area contributed by atoms with Crippen molar-refractivity contribution in [3.8, 4) is 11.1 Å². The first-order valence-electron chi connectivity index (χ1n) is 18.2. The number of nitrogens with one attached hydrogen (secondary N) is 2. The van der Waals surface area contributed by atoms with Gasteiger partial charge in [-0.25, -0.2) is 0 Å². The number of anilines is 8. The first-order valence-corrected chi connectivity index (χ1v) is 18.2. The number of benzene rings is 8. The first kappa shape index (κ1) is 34.2. The molecule has 2 N–H and O–H groups in total. The molecule has 4 nitrogen and oxygen atoms in total. The van der Waals surface area contributed by atoms with Crippen molar-refractivity contribution in [2.75, 3.05) is 20.3 Å². The molecule has 0 atom stereocenters. The molecule has 0 aliphatic rings. The predicted octanol–water partition coefficient (Wildman–Crippen LogP) is 11.0. The van der Waals surface area contributed by atoms with Gasteiger partial charge < -0.3 is 20.3 Å². The largest absolute Gasteiger partial charge is 0.384 e. The van der Waals surface area contributed by atoms with E-state index in [-0.39, 0.29) is 0 Å². The van der Waals surface area contributed by atoms with Crippen LogP contribution in [0.2, 0.25) is 0 Å². The second-order valence-electron chi connectivity index (χ2n) is 12.9.